The largest absolute Gasteiger partial charge is 0.484 e. The maximum atomic E-state index is 5.56. The molecule has 0 saturated heterocycles. The fourth-order valence-electron chi connectivity index (χ4n) is 2.29. The lowest BCUT2D eigenvalue weighted by atomic mass is 10.0. The van der Waals surface area contributed by atoms with Crippen molar-refractivity contribution in [1.29, 1.82) is 0 Å². The van der Waals surface area contributed by atoms with Crippen molar-refractivity contribution in [3.8, 4) is 5.75 Å². The first-order valence-electron chi connectivity index (χ1n) is 5.54. The summed E-state index contributed by atoms with van der Waals surface area (Å²) in [6.07, 6.45) is 8.58. The second-order valence-corrected chi connectivity index (χ2v) is 4.13. The zero-order chi connectivity index (χ0) is 10.8. The minimum Gasteiger partial charge on any atom is -0.484 e. The Morgan fingerprint density at radius 2 is 2.19 bits per heavy atom. The first kappa shape index (κ1) is 9.57. The molecule has 1 saturated carbocycles. The molecule has 84 valence electrons. The monoisotopic (exact) mass is 219 g/mol. The molecular formula is C11H13N3O2. The average Bonchev–Trinajstić information content (AvgIpc) is 2.90. The Balaban J connectivity index is 1.60. The number of nitrogens with zero attached hydrogens (tertiary/aromatic N) is 3. The van der Waals surface area contributed by atoms with Crippen LogP contribution in [0.1, 0.15) is 19.3 Å². The Labute approximate surface area is 93.5 Å². The van der Waals surface area contributed by atoms with Gasteiger partial charge >= 0.3 is 0 Å². The molecule has 2 atom stereocenters. The van der Waals surface area contributed by atoms with Crippen molar-refractivity contribution in [2.75, 3.05) is 6.61 Å². The smallest absolute Gasteiger partial charge is 0.156 e. The maximum absolute atomic E-state index is 5.56. The minimum atomic E-state index is 0.297. The molecule has 5 heteroatoms. The van der Waals surface area contributed by atoms with Crippen LogP contribution in [0.4, 0.5) is 0 Å². The van der Waals surface area contributed by atoms with Gasteiger partial charge in [-0.2, -0.15) is 0 Å². The van der Waals surface area contributed by atoms with Crippen molar-refractivity contribution in [3.05, 3.63) is 18.7 Å². The average molecular weight is 219 g/mol. The van der Waals surface area contributed by atoms with Crippen molar-refractivity contribution in [3.63, 3.8) is 0 Å². The molecule has 0 radical (unpaired) electrons. The maximum Gasteiger partial charge on any atom is 0.156 e. The third-order valence-electron chi connectivity index (χ3n) is 3.11. The first-order chi connectivity index (χ1) is 7.93. The number of ether oxygens (including phenoxy) is 1. The van der Waals surface area contributed by atoms with Gasteiger partial charge in [0.05, 0.1) is 12.4 Å². The van der Waals surface area contributed by atoms with E-state index in [0.717, 1.165) is 18.6 Å². The van der Waals surface area contributed by atoms with Crippen LogP contribution in [0, 0.1) is 5.92 Å². The molecule has 1 aliphatic carbocycles. The molecule has 1 aliphatic heterocycles. The summed E-state index contributed by atoms with van der Waals surface area (Å²) in [5, 5.41) is 4.09. The molecule has 0 aromatic carbocycles. The molecule has 1 aromatic rings. The predicted molar refractivity (Wildman–Crippen MR) is 57.2 cm³/mol. The second kappa shape index (κ2) is 4.08. The van der Waals surface area contributed by atoms with Gasteiger partial charge in [0.15, 0.2) is 5.75 Å². The van der Waals surface area contributed by atoms with Gasteiger partial charge in [-0.25, -0.2) is 9.97 Å². The Morgan fingerprint density at radius 1 is 1.31 bits per heavy atom. The topological polar surface area (TPSA) is 56.6 Å². The molecule has 1 fully saturated rings. The number of fused-ring (bicyclic) bond motifs is 1. The third kappa shape index (κ3) is 1.73. The summed E-state index contributed by atoms with van der Waals surface area (Å²) >= 11 is 0. The normalized spacial score (nSPS) is 27.1. The summed E-state index contributed by atoms with van der Waals surface area (Å²) in [5.74, 6) is 1.14. The summed E-state index contributed by atoms with van der Waals surface area (Å²) in [6, 6.07) is 0. The van der Waals surface area contributed by atoms with E-state index in [2.05, 4.69) is 15.1 Å². The van der Waals surface area contributed by atoms with Crippen LogP contribution in [-0.4, -0.2) is 28.4 Å². The minimum absolute atomic E-state index is 0.297. The molecular weight excluding hydrogens is 206 g/mol. The van der Waals surface area contributed by atoms with Gasteiger partial charge in [0.1, 0.15) is 24.7 Å². The van der Waals surface area contributed by atoms with Crippen LogP contribution in [0.3, 0.4) is 0 Å². The summed E-state index contributed by atoms with van der Waals surface area (Å²) in [5.41, 5.74) is 1.02. The SMILES string of the molecule is c1ncc(OCC2=NO[C@@H]3CCC[C@H]23)cn1. The highest BCUT2D eigenvalue weighted by Gasteiger charge is 2.38. The molecule has 5 nitrogen and oxygen atoms in total. The number of hydrogen-bond acceptors (Lipinski definition) is 5. The summed E-state index contributed by atoms with van der Waals surface area (Å²) in [4.78, 5) is 13.1. The molecule has 2 heterocycles. The third-order valence-corrected chi connectivity index (χ3v) is 3.11. The highest BCUT2D eigenvalue weighted by atomic mass is 16.6. The first-order valence-corrected chi connectivity index (χ1v) is 5.54. The van der Waals surface area contributed by atoms with Crippen LogP contribution in [0.5, 0.6) is 5.75 Å². The van der Waals surface area contributed by atoms with E-state index in [4.69, 9.17) is 9.57 Å². The molecule has 3 rings (SSSR count). The predicted octanol–water partition coefficient (Wildman–Crippen LogP) is 1.41. The van der Waals surface area contributed by atoms with E-state index in [1.54, 1.807) is 12.4 Å². The van der Waals surface area contributed by atoms with Gasteiger partial charge in [-0.1, -0.05) is 5.16 Å². The molecule has 0 spiro atoms. The number of aromatic nitrogens is 2. The zero-order valence-electron chi connectivity index (χ0n) is 8.87. The molecule has 0 unspecified atom stereocenters. The molecule has 2 aliphatic rings. The van der Waals surface area contributed by atoms with Crippen molar-refractivity contribution in [1.82, 2.24) is 9.97 Å². The number of oxime groups is 1. The fourth-order valence-corrected chi connectivity index (χ4v) is 2.29. The van der Waals surface area contributed by atoms with Gasteiger partial charge in [0.25, 0.3) is 0 Å². The lowest BCUT2D eigenvalue weighted by molar-refractivity contribution is 0.0746. The quantitative estimate of drug-likeness (QED) is 0.771. The van der Waals surface area contributed by atoms with Crippen molar-refractivity contribution in [2.24, 2.45) is 11.1 Å². The Hall–Kier alpha value is -1.65. The lowest BCUT2D eigenvalue weighted by Gasteiger charge is -2.09. The van der Waals surface area contributed by atoms with Gasteiger partial charge in [-0.3, -0.25) is 0 Å². The van der Waals surface area contributed by atoms with Crippen LogP contribution < -0.4 is 4.74 Å². The molecule has 1 aromatic heterocycles. The van der Waals surface area contributed by atoms with Crippen LogP contribution in [0.15, 0.2) is 23.9 Å². The van der Waals surface area contributed by atoms with E-state index in [1.807, 2.05) is 0 Å². The Bertz CT molecular complexity index is 393. The van der Waals surface area contributed by atoms with E-state index in [-0.39, 0.29) is 0 Å². The van der Waals surface area contributed by atoms with Crippen molar-refractivity contribution in [2.45, 2.75) is 25.4 Å². The standard InChI is InChI=1S/C11H13N3O2/c1-2-9-10(14-16-11(9)3-1)6-15-8-4-12-7-13-5-8/h4-5,7,9,11H,1-3,6H2/t9-,11-/m1/s1. The number of rotatable bonds is 3. The van der Waals surface area contributed by atoms with E-state index in [0.29, 0.717) is 24.4 Å². The summed E-state index contributed by atoms with van der Waals surface area (Å²) in [6.45, 7) is 0.481. The van der Waals surface area contributed by atoms with E-state index in [1.165, 1.54) is 12.7 Å². The fraction of sp³-hybridized carbons (Fsp3) is 0.545. The molecule has 0 N–H and O–H groups in total. The molecule has 16 heavy (non-hydrogen) atoms. The van der Waals surface area contributed by atoms with E-state index in [9.17, 15) is 0 Å². The van der Waals surface area contributed by atoms with Crippen LogP contribution >= 0.6 is 0 Å². The Kier molecular flexibility index (Phi) is 2.44. The lowest BCUT2D eigenvalue weighted by Crippen LogP contribution is -2.22. The molecule has 0 bridgehead atoms. The van der Waals surface area contributed by atoms with E-state index >= 15 is 0 Å². The van der Waals surface area contributed by atoms with Crippen molar-refractivity contribution >= 4 is 5.71 Å². The zero-order valence-corrected chi connectivity index (χ0v) is 8.87. The second-order valence-electron chi connectivity index (χ2n) is 4.13. The van der Waals surface area contributed by atoms with Crippen molar-refractivity contribution < 1.29 is 9.57 Å². The van der Waals surface area contributed by atoms with Gasteiger partial charge < -0.3 is 9.57 Å². The highest BCUT2D eigenvalue weighted by molar-refractivity contribution is 5.89. The van der Waals surface area contributed by atoms with Crippen LogP contribution in [-0.2, 0) is 4.84 Å². The van der Waals surface area contributed by atoms with Crippen LogP contribution in [0.2, 0.25) is 0 Å². The highest BCUT2D eigenvalue weighted by Crippen LogP contribution is 2.33. The van der Waals surface area contributed by atoms with Gasteiger partial charge in [0, 0.05) is 5.92 Å². The Morgan fingerprint density at radius 3 is 3.06 bits per heavy atom. The number of hydrogen-bond donors (Lipinski definition) is 0. The van der Waals surface area contributed by atoms with Crippen LogP contribution in [0.25, 0.3) is 0 Å². The summed E-state index contributed by atoms with van der Waals surface area (Å²) < 4.78 is 5.56. The molecule has 0 amide bonds. The summed E-state index contributed by atoms with van der Waals surface area (Å²) in [7, 11) is 0. The van der Waals surface area contributed by atoms with Gasteiger partial charge in [0.2, 0.25) is 0 Å². The van der Waals surface area contributed by atoms with Gasteiger partial charge in [-0.05, 0) is 19.3 Å². The van der Waals surface area contributed by atoms with E-state index < -0.39 is 0 Å². The van der Waals surface area contributed by atoms with Gasteiger partial charge in [-0.15, -0.1) is 0 Å².